The summed E-state index contributed by atoms with van der Waals surface area (Å²) in [5.74, 6) is 0.868. The number of rotatable bonds is 2. The molecular weight excluding hydrogens is 292 g/mol. The highest BCUT2D eigenvalue weighted by atomic mass is 79.9. The molecule has 4 heteroatoms. The van der Waals surface area contributed by atoms with Crippen LogP contribution in [-0.4, -0.2) is 5.16 Å². The Hall–Kier alpha value is -1.29. The fourth-order valence-corrected chi connectivity index (χ4v) is 2.66. The van der Waals surface area contributed by atoms with Crippen LogP contribution < -0.4 is 5.73 Å². The number of hydrogen-bond acceptors (Lipinski definition) is 3. The normalized spacial score (nSPS) is 20.9. The number of nitrogen functional groups attached to an aromatic ring is 1. The number of aromatic nitrogens is 1. The first kappa shape index (κ1) is 11.8. The van der Waals surface area contributed by atoms with Gasteiger partial charge in [0.2, 0.25) is 5.88 Å². The van der Waals surface area contributed by atoms with Crippen LogP contribution in [0, 0.1) is 5.41 Å². The van der Waals surface area contributed by atoms with E-state index in [0.29, 0.717) is 17.2 Å². The average Bonchev–Trinajstić information content (AvgIpc) is 2.78. The van der Waals surface area contributed by atoms with E-state index in [2.05, 4.69) is 34.9 Å². The SMILES string of the molecule is CC1(C)CC1c1noc(N)c1-c1ccc(Br)cc1. The van der Waals surface area contributed by atoms with Crippen molar-refractivity contribution in [1.29, 1.82) is 0 Å². The zero-order chi connectivity index (χ0) is 12.9. The molecule has 2 aromatic rings. The second kappa shape index (κ2) is 3.85. The lowest BCUT2D eigenvalue weighted by Gasteiger charge is -2.04. The molecule has 0 amide bonds. The van der Waals surface area contributed by atoms with E-state index in [1.807, 2.05) is 24.3 Å². The Balaban J connectivity index is 2.06. The number of anilines is 1. The van der Waals surface area contributed by atoms with Crippen molar-refractivity contribution in [2.75, 3.05) is 5.73 Å². The van der Waals surface area contributed by atoms with E-state index in [1.165, 1.54) is 0 Å². The Morgan fingerprint density at radius 3 is 2.50 bits per heavy atom. The summed E-state index contributed by atoms with van der Waals surface area (Å²) in [7, 11) is 0. The van der Waals surface area contributed by atoms with Crippen LogP contribution in [0.2, 0.25) is 0 Å². The smallest absolute Gasteiger partial charge is 0.230 e. The number of halogens is 1. The van der Waals surface area contributed by atoms with Crippen LogP contribution in [0.1, 0.15) is 31.9 Å². The molecular formula is C14H15BrN2O. The van der Waals surface area contributed by atoms with Crippen molar-refractivity contribution in [2.24, 2.45) is 5.41 Å². The number of nitrogens with zero attached hydrogens (tertiary/aromatic N) is 1. The summed E-state index contributed by atoms with van der Waals surface area (Å²) in [4.78, 5) is 0. The minimum atomic E-state index is 0.313. The first-order chi connectivity index (χ1) is 8.49. The van der Waals surface area contributed by atoms with Gasteiger partial charge < -0.3 is 10.3 Å². The second-order valence-electron chi connectivity index (χ2n) is 5.56. The predicted molar refractivity (Wildman–Crippen MR) is 75.2 cm³/mol. The van der Waals surface area contributed by atoms with E-state index < -0.39 is 0 Å². The molecule has 94 valence electrons. The standard InChI is InChI=1S/C14H15BrN2O/c1-14(2)7-10(14)12-11(13(16)18-17-12)8-3-5-9(15)6-4-8/h3-6,10H,7,16H2,1-2H3. The van der Waals surface area contributed by atoms with Crippen LogP contribution in [-0.2, 0) is 0 Å². The van der Waals surface area contributed by atoms with Crippen LogP contribution in [0.4, 0.5) is 5.88 Å². The van der Waals surface area contributed by atoms with E-state index >= 15 is 0 Å². The van der Waals surface area contributed by atoms with Crippen molar-refractivity contribution in [2.45, 2.75) is 26.2 Å². The molecule has 0 radical (unpaired) electrons. The van der Waals surface area contributed by atoms with Gasteiger partial charge in [-0.05, 0) is 29.5 Å². The van der Waals surface area contributed by atoms with Gasteiger partial charge in [-0.3, -0.25) is 0 Å². The third kappa shape index (κ3) is 1.85. The van der Waals surface area contributed by atoms with Gasteiger partial charge in [-0.1, -0.05) is 47.1 Å². The topological polar surface area (TPSA) is 52.0 Å². The van der Waals surface area contributed by atoms with Crippen molar-refractivity contribution in [3.8, 4) is 11.1 Å². The molecule has 18 heavy (non-hydrogen) atoms. The minimum Gasteiger partial charge on any atom is -0.367 e. The van der Waals surface area contributed by atoms with Gasteiger partial charge in [0.05, 0.1) is 11.3 Å². The monoisotopic (exact) mass is 306 g/mol. The minimum absolute atomic E-state index is 0.313. The van der Waals surface area contributed by atoms with Crippen LogP contribution in [0.5, 0.6) is 0 Å². The number of benzene rings is 1. The van der Waals surface area contributed by atoms with E-state index in [1.54, 1.807) is 0 Å². The van der Waals surface area contributed by atoms with Crippen molar-refractivity contribution < 1.29 is 4.52 Å². The molecule has 0 aliphatic heterocycles. The molecule has 1 aliphatic rings. The summed E-state index contributed by atoms with van der Waals surface area (Å²) < 4.78 is 6.24. The second-order valence-corrected chi connectivity index (χ2v) is 6.47. The Kier molecular flexibility index (Phi) is 2.52. The summed E-state index contributed by atoms with van der Waals surface area (Å²) in [6.07, 6.45) is 1.14. The molecule has 1 fully saturated rings. The van der Waals surface area contributed by atoms with Gasteiger partial charge in [0.25, 0.3) is 0 Å². The fourth-order valence-electron chi connectivity index (χ4n) is 2.39. The maximum atomic E-state index is 5.92. The first-order valence-electron chi connectivity index (χ1n) is 6.00. The van der Waals surface area contributed by atoms with Gasteiger partial charge in [-0.15, -0.1) is 0 Å². The van der Waals surface area contributed by atoms with Crippen LogP contribution in [0.25, 0.3) is 11.1 Å². The van der Waals surface area contributed by atoms with Gasteiger partial charge in [0.1, 0.15) is 0 Å². The van der Waals surface area contributed by atoms with Crippen molar-refractivity contribution in [1.82, 2.24) is 5.16 Å². The van der Waals surface area contributed by atoms with E-state index in [0.717, 1.165) is 27.7 Å². The maximum absolute atomic E-state index is 5.92. The highest BCUT2D eigenvalue weighted by Gasteiger charge is 2.49. The molecule has 1 aromatic carbocycles. The zero-order valence-electron chi connectivity index (χ0n) is 10.4. The molecule has 1 saturated carbocycles. The molecule has 1 aliphatic carbocycles. The summed E-state index contributed by atoms with van der Waals surface area (Å²) in [5, 5.41) is 4.16. The lowest BCUT2D eigenvalue weighted by molar-refractivity contribution is 0.424. The van der Waals surface area contributed by atoms with Gasteiger partial charge in [-0.25, -0.2) is 0 Å². The molecule has 2 N–H and O–H groups in total. The Morgan fingerprint density at radius 2 is 1.94 bits per heavy atom. The molecule has 3 nitrogen and oxygen atoms in total. The first-order valence-corrected chi connectivity index (χ1v) is 6.79. The zero-order valence-corrected chi connectivity index (χ0v) is 12.0. The van der Waals surface area contributed by atoms with E-state index in [9.17, 15) is 0 Å². The Labute approximate surface area is 114 Å². The molecule has 1 atom stereocenters. The largest absolute Gasteiger partial charge is 0.367 e. The molecule has 0 spiro atoms. The van der Waals surface area contributed by atoms with Crippen molar-refractivity contribution in [3.05, 3.63) is 34.4 Å². The van der Waals surface area contributed by atoms with Crippen LogP contribution in [0.3, 0.4) is 0 Å². The molecule has 1 heterocycles. The van der Waals surface area contributed by atoms with Gasteiger partial charge in [-0.2, -0.15) is 0 Å². The molecule has 0 saturated heterocycles. The fraction of sp³-hybridized carbons (Fsp3) is 0.357. The average molecular weight is 307 g/mol. The van der Waals surface area contributed by atoms with Crippen molar-refractivity contribution in [3.63, 3.8) is 0 Å². The Bertz CT molecular complexity index is 586. The third-order valence-corrected chi connectivity index (χ3v) is 4.25. The highest BCUT2D eigenvalue weighted by molar-refractivity contribution is 9.10. The highest BCUT2D eigenvalue weighted by Crippen LogP contribution is 2.60. The summed E-state index contributed by atoms with van der Waals surface area (Å²) >= 11 is 3.43. The van der Waals surface area contributed by atoms with Gasteiger partial charge in [0, 0.05) is 10.4 Å². The Morgan fingerprint density at radius 1 is 1.33 bits per heavy atom. The molecule has 1 unspecified atom stereocenters. The molecule has 0 bridgehead atoms. The van der Waals surface area contributed by atoms with E-state index in [-0.39, 0.29) is 0 Å². The lowest BCUT2D eigenvalue weighted by Crippen LogP contribution is -1.94. The van der Waals surface area contributed by atoms with Crippen LogP contribution in [0.15, 0.2) is 33.3 Å². The van der Waals surface area contributed by atoms with Crippen molar-refractivity contribution >= 4 is 21.8 Å². The van der Waals surface area contributed by atoms with Gasteiger partial charge >= 0.3 is 0 Å². The van der Waals surface area contributed by atoms with Gasteiger partial charge in [0.15, 0.2) is 0 Å². The third-order valence-electron chi connectivity index (χ3n) is 3.72. The number of nitrogens with two attached hydrogens (primary N) is 1. The predicted octanol–water partition coefficient (Wildman–Crippen LogP) is 4.20. The maximum Gasteiger partial charge on any atom is 0.230 e. The summed E-state index contributed by atoms with van der Waals surface area (Å²) in [5.41, 5.74) is 9.26. The number of hydrogen-bond donors (Lipinski definition) is 1. The van der Waals surface area contributed by atoms with E-state index in [4.69, 9.17) is 10.3 Å². The summed E-state index contributed by atoms with van der Waals surface area (Å²) in [6.45, 7) is 4.49. The molecule has 1 aromatic heterocycles. The lowest BCUT2D eigenvalue weighted by atomic mass is 10.00. The van der Waals surface area contributed by atoms with Crippen LogP contribution >= 0.6 is 15.9 Å². The summed E-state index contributed by atoms with van der Waals surface area (Å²) in [6, 6.07) is 8.07. The molecule has 3 rings (SSSR count). The quantitative estimate of drug-likeness (QED) is 0.904.